The van der Waals surface area contributed by atoms with E-state index in [1.165, 1.54) is 43.4 Å². The van der Waals surface area contributed by atoms with Gasteiger partial charge in [0.25, 0.3) is 0 Å². The van der Waals surface area contributed by atoms with Crippen molar-refractivity contribution in [3.05, 3.63) is 76.7 Å². The summed E-state index contributed by atoms with van der Waals surface area (Å²) in [7, 11) is 1.38. The number of alkyl halides is 3. The molecule has 10 heteroatoms. The third-order valence-corrected chi connectivity index (χ3v) is 4.79. The molecule has 0 fully saturated rings. The number of hydrogen-bond donors (Lipinski definition) is 1. The number of urea groups is 1. The van der Waals surface area contributed by atoms with Gasteiger partial charge in [0.15, 0.2) is 0 Å². The van der Waals surface area contributed by atoms with Crippen LogP contribution in [-0.4, -0.2) is 37.2 Å². The number of carbonyl (C=O) groups excluding carboxylic acids is 2. The van der Waals surface area contributed by atoms with Gasteiger partial charge < -0.3 is 14.8 Å². The molecule has 1 N–H and O–H groups in total. The summed E-state index contributed by atoms with van der Waals surface area (Å²) < 4.78 is 63.4. The van der Waals surface area contributed by atoms with Gasteiger partial charge >= 0.3 is 18.2 Å². The number of ether oxygens (including phenoxy) is 2. The van der Waals surface area contributed by atoms with Crippen molar-refractivity contribution in [3.8, 4) is 5.75 Å². The number of halogens is 4. The molecule has 1 heterocycles. The van der Waals surface area contributed by atoms with Gasteiger partial charge in [-0.25, -0.2) is 14.0 Å². The number of amides is 2. The second kappa shape index (κ2) is 9.29. The molecule has 0 aliphatic carbocycles. The number of nitrogens with zero attached hydrogens (tertiary/aromatic N) is 1. The van der Waals surface area contributed by atoms with Gasteiger partial charge in [0.1, 0.15) is 18.2 Å². The maximum atomic E-state index is 13.8. The highest BCUT2D eigenvalue weighted by Crippen LogP contribution is 2.33. The van der Waals surface area contributed by atoms with Crippen LogP contribution in [0.3, 0.4) is 0 Å². The third-order valence-electron chi connectivity index (χ3n) is 4.79. The van der Waals surface area contributed by atoms with Crippen molar-refractivity contribution in [1.29, 1.82) is 0 Å². The summed E-state index contributed by atoms with van der Waals surface area (Å²) in [5.41, 5.74) is -0.529. The second-order valence-corrected chi connectivity index (χ2v) is 6.89. The monoisotopic (exact) mass is 452 g/mol. The van der Waals surface area contributed by atoms with Gasteiger partial charge in [0.2, 0.25) is 0 Å². The van der Waals surface area contributed by atoms with Crippen LogP contribution in [0.4, 0.5) is 22.4 Å². The Hall–Kier alpha value is -3.56. The number of nitrogens with one attached hydrogen (secondary N) is 1. The Morgan fingerprint density at radius 3 is 2.53 bits per heavy atom. The molecule has 6 nitrogen and oxygen atoms in total. The lowest BCUT2D eigenvalue weighted by Crippen LogP contribution is -2.48. The molecule has 0 bridgehead atoms. The lowest BCUT2D eigenvalue weighted by molar-refractivity contribution is -0.139. The Kier molecular flexibility index (Phi) is 6.71. The van der Waals surface area contributed by atoms with Gasteiger partial charge in [-0.05, 0) is 42.8 Å². The second-order valence-electron chi connectivity index (χ2n) is 6.89. The number of hydrogen-bond acceptors (Lipinski definition) is 4. The van der Waals surface area contributed by atoms with Crippen molar-refractivity contribution in [2.24, 2.45) is 0 Å². The Bertz CT molecular complexity index is 1050. The van der Waals surface area contributed by atoms with Crippen LogP contribution in [-0.2, 0) is 15.7 Å². The average Bonchev–Trinajstić information content (AvgIpc) is 2.74. The molecule has 2 aromatic rings. The molecular weight excluding hydrogens is 432 g/mol. The van der Waals surface area contributed by atoms with Gasteiger partial charge in [0.05, 0.1) is 29.5 Å². The molecule has 0 saturated carbocycles. The molecule has 1 aliphatic heterocycles. The average molecular weight is 452 g/mol. The minimum Gasteiger partial charge on any atom is -0.487 e. The van der Waals surface area contributed by atoms with E-state index < -0.39 is 42.2 Å². The van der Waals surface area contributed by atoms with E-state index in [4.69, 9.17) is 9.47 Å². The van der Waals surface area contributed by atoms with Crippen molar-refractivity contribution in [3.63, 3.8) is 0 Å². The summed E-state index contributed by atoms with van der Waals surface area (Å²) in [6, 6.07) is 7.93. The van der Waals surface area contributed by atoms with E-state index in [1.54, 1.807) is 6.92 Å². The molecule has 2 aromatic carbocycles. The molecule has 3 rings (SSSR count). The van der Waals surface area contributed by atoms with E-state index in [9.17, 15) is 27.2 Å². The topological polar surface area (TPSA) is 67.9 Å². The number of esters is 1. The highest BCUT2D eigenvalue weighted by molar-refractivity contribution is 5.95. The van der Waals surface area contributed by atoms with Crippen molar-refractivity contribution in [2.75, 3.05) is 20.3 Å². The zero-order valence-corrected chi connectivity index (χ0v) is 17.2. The first-order chi connectivity index (χ1) is 15.1. The Labute approximate surface area is 181 Å². The van der Waals surface area contributed by atoms with Crippen LogP contribution in [0, 0.1) is 5.82 Å². The van der Waals surface area contributed by atoms with E-state index in [2.05, 4.69) is 5.32 Å². The molecular formula is C22H20F4N2O4. The molecule has 2 amide bonds. The summed E-state index contributed by atoms with van der Waals surface area (Å²) in [5.74, 6) is -1.44. The van der Waals surface area contributed by atoms with Gasteiger partial charge in [-0.2, -0.15) is 13.2 Å². The van der Waals surface area contributed by atoms with E-state index in [0.29, 0.717) is 5.56 Å². The predicted molar refractivity (Wildman–Crippen MR) is 106 cm³/mol. The molecule has 0 saturated heterocycles. The zero-order chi connectivity index (χ0) is 23.5. The van der Waals surface area contributed by atoms with Gasteiger partial charge in [0, 0.05) is 7.05 Å². The fourth-order valence-electron chi connectivity index (χ4n) is 3.23. The predicted octanol–water partition coefficient (Wildman–Crippen LogP) is 4.44. The summed E-state index contributed by atoms with van der Waals surface area (Å²) in [6.45, 7) is 1.24. The smallest absolute Gasteiger partial charge is 0.416 e. The quantitative estimate of drug-likeness (QED) is 0.520. The van der Waals surface area contributed by atoms with Crippen molar-refractivity contribution < 1.29 is 36.6 Å². The van der Waals surface area contributed by atoms with Crippen LogP contribution < -0.4 is 10.1 Å². The first-order valence-electron chi connectivity index (χ1n) is 9.61. The number of rotatable bonds is 6. The Morgan fingerprint density at radius 1 is 1.16 bits per heavy atom. The first kappa shape index (κ1) is 23.1. The van der Waals surface area contributed by atoms with E-state index in [1.807, 2.05) is 0 Å². The fraction of sp³-hybridized carbons (Fsp3) is 0.273. The van der Waals surface area contributed by atoms with Crippen molar-refractivity contribution in [1.82, 2.24) is 10.2 Å². The molecule has 0 spiro atoms. The molecule has 1 aliphatic rings. The normalized spacial score (nSPS) is 16.6. The standard InChI is InChI=1S/C22H20F4N2O4/c1-3-31-20(29)18-17(12-32-16-9-5-7-14(11-16)22(24,25)26)28(2)21(30)27-19(18)13-6-4-8-15(23)10-13/h4-11,19H,3,12H2,1-2H3,(H,27,30)/t19-/m1/s1. The maximum Gasteiger partial charge on any atom is 0.416 e. The molecule has 0 aromatic heterocycles. The van der Waals surface area contributed by atoms with Gasteiger partial charge in [-0.3, -0.25) is 4.90 Å². The third kappa shape index (κ3) is 5.01. The van der Waals surface area contributed by atoms with Gasteiger partial charge in [-0.1, -0.05) is 18.2 Å². The first-order valence-corrected chi connectivity index (χ1v) is 9.61. The van der Waals surface area contributed by atoms with Crippen molar-refractivity contribution in [2.45, 2.75) is 19.1 Å². The minimum absolute atomic E-state index is 0.00785. The highest BCUT2D eigenvalue weighted by atomic mass is 19.4. The molecule has 0 radical (unpaired) electrons. The van der Waals surface area contributed by atoms with Crippen LogP contribution in [0.2, 0.25) is 0 Å². The summed E-state index contributed by atoms with van der Waals surface area (Å²) >= 11 is 0. The van der Waals surface area contributed by atoms with Crippen LogP contribution in [0.1, 0.15) is 24.1 Å². The molecule has 170 valence electrons. The Balaban J connectivity index is 2.02. The van der Waals surface area contributed by atoms with Crippen LogP contribution >= 0.6 is 0 Å². The van der Waals surface area contributed by atoms with Crippen LogP contribution in [0.25, 0.3) is 0 Å². The molecule has 1 atom stereocenters. The summed E-state index contributed by atoms with van der Waals surface area (Å²) in [4.78, 5) is 26.4. The molecule has 32 heavy (non-hydrogen) atoms. The van der Waals surface area contributed by atoms with Crippen LogP contribution in [0.5, 0.6) is 5.75 Å². The highest BCUT2D eigenvalue weighted by Gasteiger charge is 2.37. The SMILES string of the molecule is CCOC(=O)C1=C(COc2cccc(C(F)(F)F)c2)N(C)C(=O)N[C@@H]1c1cccc(F)c1. The lowest BCUT2D eigenvalue weighted by Gasteiger charge is -2.34. The minimum atomic E-state index is -4.56. The fourth-order valence-corrected chi connectivity index (χ4v) is 3.23. The number of carbonyl (C=O) groups is 2. The van der Waals surface area contributed by atoms with Crippen molar-refractivity contribution >= 4 is 12.0 Å². The lowest BCUT2D eigenvalue weighted by atomic mass is 9.94. The number of likely N-dealkylation sites (N-methyl/N-ethyl adjacent to an activating group) is 1. The molecule has 0 unspecified atom stereocenters. The largest absolute Gasteiger partial charge is 0.487 e. The summed E-state index contributed by atoms with van der Waals surface area (Å²) in [5, 5.41) is 2.61. The summed E-state index contributed by atoms with van der Waals surface area (Å²) in [6.07, 6.45) is -4.56. The zero-order valence-electron chi connectivity index (χ0n) is 17.2. The number of benzene rings is 2. The van der Waals surface area contributed by atoms with Gasteiger partial charge in [-0.15, -0.1) is 0 Å². The van der Waals surface area contributed by atoms with E-state index >= 15 is 0 Å². The van der Waals surface area contributed by atoms with E-state index in [0.717, 1.165) is 17.0 Å². The maximum absolute atomic E-state index is 13.8. The van der Waals surface area contributed by atoms with Crippen LogP contribution in [0.15, 0.2) is 59.8 Å². The van der Waals surface area contributed by atoms with E-state index in [-0.39, 0.29) is 23.6 Å². The Morgan fingerprint density at radius 2 is 1.88 bits per heavy atom.